The van der Waals surface area contributed by atoms with E-state index in [0.717, 1.165) is 39.1 Å². The molecule has 118 valence electrons. The molecule has 3 N–H and O–H groups in total. The van der Waals surface area contributed by atoms with Crippen molar-refractivity contribution in [3.63, 3.8) is 0 Å². The first kappa shape index (κ1) is 16.4. The highest BCUT2D eigenvalue weighted by atomic mass is 16.5. The maximum absolute atomic E-state index is 5.61. The van der Waals surface area contributed by atoms with Crippen LogP contribution in [0.25, 0.3) is 0 Å². The van der Waals surface area contributed by atoms with E-state index >= 15 is 0 Å². The average Bonchev–Trinajstić information content (AvgIpc) is 2.93. The molecule has 2 atom stereocenters. The van der Waals surface area contributed by atoms with Crippen molar-refractivity contribution in [2.24, 2.45) is 5.73 Å². The molecule has 0 spiro atoms. The van der Waals surface area contributed by atoms with Gasteiger partial charge < -0.3 is 15.8 Å². The highest BCUT2D eigenvalue weighted by Gasteiger charge is 2.24. The number of methoxy groups -OCH3 is 1. The van der Waals surface area contributed by atoms with Gasteiger partial charge in [0.25, 0.3) is 0 Å². The first-order chi connectivity index (χ1) is 10.3. The van der Waals surface area contributed by atoms with Gasteiger partial charge in [-0.15, -0.1) is 0 Å². The van der Waals surface area contributed by atoms with Crippen LogP contribution in [0, 0.1) is 0 Å². The molecule has 1 saturated heterocycles. The number of hydrogen-bond donors (Lipinski definition) is 2. The predicted octanol–water partition coefficient (Wildman–Crippen LogP) is 1.60. The molecule has 0 amide bonds. The van der Waals surface area contributed by atoms with Crippen molar-refractivity contribution in [3.8, 4) is 0 Å². The Balaban J connectivity index is 1.75. The zero-order chi connectivity index (χ0) is 14.9. The standard InChI is InChI=1S/C17H29N3O/c1-21-14-17(8-5-10-18)19-16-9-11-20(13-16)12-15-6-3-2-4-7-15/h2-4,6-7,16-17,19H,5,8-14,18H2,1H3. The summed E-state index contributed by atoms with van der Waals surface area (Å²) in [4.78, 5) is 2.53. The molecule has 1 heterocycles. The van der Waals surface area contributed by atoms with E-state index in [2.05, 4.69) is 40.5 Å². The largest absolute Gasteiger partial charge is 0.383 e. The number of nitrogens with two attached hydrogens (primary N) is 1. The topological polar surface area (TPSA) is 50.5 Å². The Morgan fingerprint density at radius 3 is 2.90 bits per heavy atom. The Kier molecular flexibility index (Phi) is 7.16. The van der Waals surface area contributed by atoms with Crippen LogP contribution in [0.5, 0.6) is 0 Å². The smallest absolute Gasteiger partial charge is 0.0615 e. The Hall–Kier alpha value is -0.940. The molecule has 1 aliphatic heterocycles. The lowest BCUT2D eigenvalue weighted by Crippen LogP contribution is -2.42. The van der Waals surface area contributed by atoms with Gasteiger partial charge in [-0.3, -0.25) is 4.90 Å². The van der Waals surface area contributed by atoms with E-state index in [1.807, 2.05) is 0 Å². The van der Waals surface area contributed by atoms with E-state index in [0.29, 0.717) is 12.1 Å². The lowest BCUT2D eigenvalue weighted by atomic mass is 10.1. The minimum Gasteiger partial charge on any atom is -0.383 e. The predicted molar refractivity (Wildman–Crippen MR) is 87.2 cm³/mol. The van der Waals surface area contributed by atoms with Gasteiger partial charge >= 0.3 is 0 Å². The molecule has 0 saturated carbocycles. The van der Waals surface area contributed by atoms with E-state index in [1.165, 1.54) is 18.5 Å². The summed E-state index contributed by atoms with van der Waals surface area (Å²) in [6.07, 6.45) is 3.37. The van der Waals surface area contributed by atoms with E-state index in [1.54, 1.807) is 7.11 Å². The summed E-state index contributed by atoms with van der Waals surface area (Å²) in [5.41, 5.74) is 7.01. The number of rotatable bonds is 9. The fourth-order valence-electron chi connectivity index (χ4n) is 3.07. The van der Waals surface area contributed by atoms with E-state index in [9.17, 15) is 0 Å². The van der Waals surface area contributed by atoms with Crippen LogP contribution in [0.1, 0.15) is 24.8 Å². The Labute approximate surface area is 128 Å². The molecule has 21 heavy (non-hydrogen) atoms. The molecule has 1 aliphatic rings. The second-order valence-corrected chi connectivity index (χ2v) is 5.96. The van der Waals surface area contributed by atoms with Gasteiger partial charge in [-0.25, -0.2) is 0 Å². The third-order valence-corrected chi connectivity index (χ3v) is 4.12. The lowest BCUT2D eigenvalue weighted by Gasteiger charge is -2.23. The monoisotopic (exact) mass is 291 g/mol. The molecule has 1 fully saturated rings. The Morgan fingerprint density at radius 2 is 2.19 bits per heavy atom. The van der Waals surface area contributed by atoms with E-state index < -0.39 is 0 Å². The number of nitrogens with zero attached hydrogens (tertiary/aromatic N) is 1. The van der Waals surface area contributed by atoms with Gasteiger partial charge in [-0.1, -0.05) is 30.3 Å². The Morgan fingerprint density at radius 1 is 1.38 bits per heavy atom. The summed E-state index contributed by atoms with van der Waals surface area (Å²) in [6, 6.07) is 11.7. The molecule has 0 radical (unpaired) electrons. The van der Waals surface area contributed by atoms with Crippen molar-refractivity contribution in [3.05, 3.63) is 35.9 Å². The normalized spacial score (nSPS) is 20.8. The molecule has 2 rings (SSSR count). The summed E-state index contributed by atoms with van der Waals surface area (Å²) in [5.74, 6) is 0. The number of ether oxygens (including phenoxy) is 1. The van der Waals surface area contributed by atoms with Gasteiger partial charge in [0, 0.05) is 38.8 Å². The first-order valence-electron chi connectivity index (χ1n) is 8.03. The molecule has 0 aliphatic carbocycles. The van der Waals surface area contributed by atoms with Crippen LogP contribution < -0.4 is 11.1 Å². The number of nitrogens with one attached hydrogen (secondary N) is 1. The van der Waals surface area contributed by atoms with Gasteiger partial charge in [0.1, 0.15) is 0 Å². The number of benzene rings is 1. The van der Waals surface area contributed by atoms with Crippen molar-refractivity contribution >= 4 is 0 Å². The zero-order valence-corrected chi connectivity index (χ0v) is 13.1. The maximum Gasteiger partial charge on any atom is 0.0615 e. The minimum atomic E-state index is 0.431. The third-order valence-electron chi connectivity index (χ3n) is 4.12. The second-order valence-electron chi connectivity index (χ2n) is 5.96. The molecule has 1 aromatic carbocycles. The third kappa shape index (κ3) is 5.75. The summed E-state index contributed by atoms with van der Waals surface area (Å²) in [5, 5.41) is 3.75. The van der Waals surface area contributed by atoms with Crippen LogP contribution >= 0.6 is 0 Å². The SMILES string of the molecule is COCC(CCCN)NC1CCN(Cc2ccccc2)C1. The number of hydrogen-bond acceptors (Lipinski definition) is 4. The highest BCUT2D eigenvalue weighted by Crippen LogP contribution is 2.14. The van der Waals surface area contributed by atoms with Crippen LogP contribution in [0.3, 0.4) is 0 Å². The molecule has 4 heteroatoms. The van der Waals surface area contributed by atoms with Crippen molar-refractivity contribution < 1.29 is 4.74 Å². The van der Waals surface area contributed by atoms with Crippen LogP contribution in [0.15, 0.2) is 30.3 Å². The van der Waals surface area contributed by atoms with Gasteiger partial charge in [-0.05, 0) is 31.4 Å². The van der Waals surface area contributed by atoms with E-state index in [-0.39, 0.29) is 0 Å². The summed E-state index contributed by atoms with van der Waals surface area (Å²) < 4.78 is 5.32. The first-order valence-corrected chi connectivity index (χ1v) is 8.03. The van der Waals surface area contributed by atoms with E-state index in [4.69, 9.17) is 10.5 Å². The zero-order valence-electron chi connectivity index (χ0n) is 13.1. The maximum atomic E-state index is 5.61. The molecule has 0 bridgehead atoms. The molecular weight excluding hydrogens is 262 g/mol. The lowest BCUT2D eigenvalue weighted by molar-refractivity contribution is 0.155. The quantitative estimate of drug-likeness (QED) is 0.726. The number of likely N-dealkylation sites (tertiary alicyclic amines) is 1. The molecule has 1 aromatic rings. The second kappa shape index (κ2) is 9.15. The fraction of sp³-hybridized carbons (Fsp3) is 0.647. The van der Waals surface area contributed by atoms with Crippen molar-refractivity contribution in [1.29, 1.82) is 0 Å². The minimum absolute atomic E-state index is 0.431. The summed E-state index contributed by atoms with van der Waals surface area (Å²) in [7, 11) is 1.77. The van der Waals surface area contributed by atoms with Gasteiger partial charge in [-0.2, -0.15) is 0 Å². The van der Waals surface area contributed by atoms with Gasteiger partial charge in [0.15, 0.2) is 0 Å². The van der Waals surface area contributed by atoms with Crippen LogP contribution in [0.2, 0.25) is 0 Å². The Bertz CT molecular complexity index is 385. The van der Waals surface area contributed by atoms with Crippen LogP contribution in [-0.4, -0.2) is 50.3 Å². The molecular formula is C17H29N3O. The van der Waals surface area contributed by atoms with Crippen LogP contribution in [0.4, 0.5) is 0 Å². The van der Waals surface area contributed by atoms with Crippen molar-refractivity contribution in [2.75, 3.05) is 33.4 Å². The van der Waals surface area contributed by atoms with Crippen LogP contribution in [-0.2, 0) is 11.3 Å². The summed E-state index contributed by atoms with van der Waals surface area (Å²) in [6.45, 7) is 4.87. The highest BCUT2D eigenvalue weighted by molar-refractivity contribution is 5.14. The van der Waals surface area contributed by atoms with Gasteiger partial charge in [0.05, 0.1) is 6.61 Å². The summed E-state index contributed by atoms with van der Waals surface area (Å²) >= 11 is 0. The fourth-order valence-corrected chi connectivity index (χ4v) is 3.07. The molecule has 0 aromatic heterocycles. The van der Waals surface area contributed by atoms with Crippen molar-refractivity contribution in [1.82, 2.24) is 10.2 Å². The molecule has 2 unspecified atom stereocenters. The van der Waals surface area contributed by atoms with Crippen molar-refractivity contribution in [2.45, 2.75) is 37.9 Å². The average molecular weight is 291 g/mol. The molecule has 4 nitrogen and oxygen atoms in total. The van der Waals surface area contributed by atoms with Gasteiger partial charge in [0.2, 0.25) is 0 Å².